The second-order valence-corrected chi connectivity index (χ2v) is 4.80. The van der Waals surface area contributed by atoms with Crippen molar-refractivity contribution in [2.45, 2.75) is 13.8 Å². The smallest absolute Gasteiger partial charge is 0.349 e. The quantitative estimate of drug-likeness (QED) is 0.444. The first kappa shape index (κ1) is 24.6. The first-order valence-corrected chi connectivity index (χ1v) is 7.23. The zero-order valence-corrected chi connectivity index (χ0v) is 16.9. The van der Waals surface area contributed by atoms with Crippen molar-refractivity contribution in [3.05, 3.63) is 59.7 Å². The molecule has 0 aromatic heterocycles. The van der Waals surface area contributed by atoms with E-state index in [0.29, 0.717) is 0 Å². The Morgan fingerprint density at radius 3 is 1.22 bits per heavy atom. The van der Waals surface area contributed by atoms with Crippen LogP contribution in [0.25, 0.3) is 0 Å². The maximum atomic E-state index is 11.1. The van der Waals surface area contributed by atoms with E-state index < -0.39 is 23.9 Å². The van der Waals surface area contributed by atoms with Crippen LogP contribution in [0.1, 0.15) is 34.6 Å². The minimum atomic E-state index is -0.842. The number of para-hydroxylation sites is 2. The Labute approximate surface area is 184 Å². The van der Waals surface area contributed by atoms with Gasteiger partial charge in [-0.25, -0.2) is 9.59 Å². The zero-order valence-electron chi connectivity index (χ0n) is 14.7. The number of hydrogen-bond donors (Lipinski definition) is 2. The number of rotatable bonds is 2. The fourth-order valence-electron chi connectivity index (χ4n) is 1.66. The van der Waals surface area contributed by atoms with E-state index in [1.165, 1.54) is 24.3 Å². The number of esters is 4. The fraction of sp³-hybridized carbons (Fsp3) is 0.111. The molecular formula is C18H16CaO8. The summed E-state index contributed by atoms with van der Waals surface area (Å²) in [5, 5.41) is 18.4. The summed E-state index contributed by atoms with van der Waals surface area (Å²) in [6, 6.07) is 11.7. The van der Waals surface area contributed by atoms with Gasteiger partial charge in [0.05, 0.1) is 0 Å². The fourth-order valence-corrected chi connectivity index (χ4v) is 1.66. The number of benzene rings is 2. The van der Waals surface area contributed by atoms with Crippen molar-refractivity contribution in [2.75, 3.05) is 0 Å². The second kappa shape index (κ2) is 12.1. The van der Waals surface area contributed by atoms with Crippen LogP contribution in [0.4, 0.5) is 0 Å². The summed E-state index contributed by atoms with van der Waals surface area (Å²) in [6.45, 7) is 2.25. The molecule has 138 valence electrons. The predicted molar refractivity (Wildman–Crippen MR) is 94.2 cm³/mol. The van der Waals surface area contributed by atoms with Crippen LogP contribution in [-0.2, 0) is 19.1 Å². The molecule has 2 radical (unpaired) electrons. The molecule has 0 amide bonds. The van der Waals surface area contributed by atoms with Gasteiger partial charge in [0.1, 0.15) is 22.6 Å². The molecule has 2 aromatic rings. The Morgan fingerprint density at radius 2 is 0.963 bits per heavy atom. The molecule has 0 fully saturated rings. The maximum absolute atomic E-state index is 11.1. The van der Waals surface area contributed by atoms with Crippen LogP contribution < -0.4 is 0 Å². The third-order valence-corrected chi connectivity index (χ3v) is 2.72. The van der Waals surface area contributed by atoms with Gasteiger partial charge in [-0.05, 0) is 24.3 Å². The number of phenols is 2. The first-order chi connectivity index (χ1) is 12.2. The van der Waals surface area contributed by atoms with E-state index in [1.54, 1.807) is 24.3 Å². The van der Waals surface area contributed by atoms with E-state index >= 15 is 0 Å². The molecule has 2 aromatic carbocycles. The van der Waals surface area contributed by atoms with Gasteiger partial charge in [0, 0.05) is 51.6 Å². The molecule has 9 heteroatoms. The van der Waals surface area contributed by atoms with Crippen molar-refractivity contribution in [3.63, 3.8) is 0 Å². The average Bonchev–Trinajstić information content (AvgIpc) is 2.55. The van der Waals surface area contributed by atoms with Gasteiger partial charge < -0.3 is 19.7 Å². The maximum Gasteiger partial charge on any atom is 0.349 e. The second-order valence-electron chi connectivity index (χ2n) is 4.80. The topological polar surface area (TPSA) is 127 Å². The van der Waals surface area contributed by atoms with E-state index in [0.717, 1.165) is 13.8 Å². The molecule has 0 unspecified atom stereocenters. The SMILES string of the molecule is CC(=O)OC(=O)c1ccccc1O.CC(=O)OC(=O)c1ccccc1O.[Ca]. The number of ether oxygens (including phenoxy) is 2. The number of carbonyl (C=O) groups is 4. The van der Waals surface area contributed by atoms with Crippen LogP contribution >= 0.6 is 0 Å². The number of aromatic hydroxyl groups is 2. The molecule has 8 nitrogen and oxygen atoms in total. The van der Waals surface area contributed by atoms with Crippen molar-refractivity contribution in [1.29, 1.82) is 0 Å². The Bertz CT molecular complexity index is 762. The molecule has 0 bridgehead atoms. The Hall–Kier alpha value is -2.42. The van der Waals surface area contributed by atoms with Crippen LogP contribution in [0.2, 0.25) is 0 Å². The number of carbonyl (C=O) groups excluding carboxylic acids is 4. The van der Waals surface area contributed by atoms with E-state index in [9.17, 15) is 29.4 Å². The van der Waals surface area contributed by atoms with Gasteiger partial charge in [-0.3, -0.25) is 9.59 Å². The molecule has 0 spiro atoms. The summed E-state index contributed by atoms with van der Waals surface area (Å²) < 4.78 is 8.56. The molecule has 0 saturated carbocycles. The summed E-state index contributed by atoms with van der Waals surface area (Å²) >= 11 is 0. The molecule has 0 aliphatic heterocycles. The molecule has 0 aliphatic rings. The van der Waals surface area contributed by atoms with Gasteiger partial charge in [0.15, 0.2) is 0 Å². The standard InChI is InChI=1S/2C9H8O4.Ca/c2*1-6(10)13-9(12)7-4-2-3-5-8(7)11;/h2*2-5,11H,1H3;. The molecule has 0 atom stereocenters. The molecule has 2 rings (SSSR count). The van der Waals surface area contributed by atoms with Crippen molar-refractivity contribution in [3.8, 4) is 11.5 Å². The summed E-state index contributed by atoms with van der Waals surface area (Å²) in [5.41, 5.74) is -0.0320. The molecule has 0 saturated heterocycles. The minimum absolute atomic E-state index is 0. The third-order valence-electron chi connectivity index (χ3n) is 2.72. The van der Waals surface area contributed by atoms with E-state index in [-0.39, 0.29) is 60.4 Å². The van der Waals surface area contributed by atoms with Gasteiger partial charge >= 0.3 is 23.9 Å². The zero-order chi connectivity index (χ0) is 19.7. The van der Waals surface area contributed by atoms with E-state index in [4.69, 9.17) is 0 Å². The van der Waals surface area contributed by atoms with E-state index in [1.807, 2.05) is 0 Å². The van der Waals surface area contributed by atoms with Gasteiger partial charge in [0.2, 0.25) is 0 Å². The minimum Gasteiger partial charge on any atom is -0.507 e. The summed E-state index contributed by atoms with van der Waals surface area (Å²) in [4.78, 5) is 43.0. The Balaban J connectivity index is 0.000000483. The first-order valence-electron chi connectivity index (χ1n) is 7.23. The summed E-state index contributed by atoms with van der Waals surface area (Å²) in [6.07, 6.45) is 0. The van der Waals surface area contributed by atoms with Crippen molar-refractivity contribution in [1.82, 2.24) is 0 Å². The largest absolute Gasteiger partial charge is 0.507 e. The Morgan fingerprint density at radius 1 is 0.667 bits per heavy atom. The summed E-state index contributed by atoms with van der Waals surface area (Å²) in [7, 11) is 0. The Kier molecular flexibility index (Phi) is 11.0. The number of phenolic OH excluding ortho intramolecular Hbond substituents is 2. The van der Waals surface area contributed by atoms with Crippen LogP contribution in [0, 0.1) is 0 Å². The molecule has 2 N–H and O–H groups in total. The summed E-state index contributed by atoms with van der Waals surface area (Å²) in [5.74, 6) is -3.49. The number of hydrogen-bond acceptors (Lipinski definition) is 8. The average molecular weight is 400 g/mol. The molecule has 0 aliphatic carbocycles. The van der Waals surface area contributed by atoms with Crippen molar-refractivity contribution < 1.29 is 38.9 Å². The van der Waals surface area contributed by atoms with Crippen molar-refractivity contribution >= 4 is 61.6 Å². The van der Waals surface area contributed by atoms with E-state index in [2.05, 4.69) is 9.47 Å². The monoisotopic (exact) mass is 400 g/mol. The predicted octanol–water partition coefficient (Wildman–Crippen LogP) is 1.81. The normalized spacial score (nSPS) is 8.96. The van der Waals surface area contributed by atoms with Gasteiger partial charge in [-0.2, -0.15) is 0 Å². The van der Waals surface area contributed by atoms with Gasteiger partial charge in [0.25, 0.3) is 0 Å². The van der Waals surface area contributed by atoms with Crippen molar-refractivity contribution in [2.24, 2.45) is 0 Å². The molecule has 27 heavy (non-hydrogen) atoms. The van der Waals surface area contributed by atoms with Gasteiger partial charge in [-0.1, -0.05) is 24.3 Å². The van der Waals surface area contributed by atoms with Crippen LogP contribution in [-0.4, -0.2) is 71.8 Å². The van der Waals surface area contributed by atoms with Crippen LogP contribution in [0.5, 0.6) is 11.5 Å². The molecular weight excluding hydrogens is 384 g/mol. The van der Waals surface area contributed by atoms with Gasteiger partial charge in [-0.15, -0.1) is 0 Å². The molecule has 0 heterocycles. The van der Waals surface area contributed by atoms with Crippen LogP contribution in [0.15, 0.2) is 48.5 Å². The van der Waals surface area contributed by atoms with Crippen LogP contribution in [0.3, 0.4) is 0 Å². The third kappa shape index (κ3) is 8.67.